The average Bonchev–Trinajstić information content (AvgIpc) is 2.98. The van der Waals surface area contributed by atoms with Gasteiger partial charge >= 0.3 is 0 Å². The number of carbonyl (C=O) groups is 1. The summed E-state index contributed by atoms with van der Waals surface area (Å²) in [5.74, 6) is 2.12. The van der Waals surface area contributed by atoms with Crippen LogP contribution in [0.15, 0.2) is 28.8 Å². The predicted molar refractivity (Wildman–Crippen MR) is 83.9 cm³/mol. The largest absolute Gasteiger partial charge is 0.345 e. The molecule has 2 rings (SSSR count). The third-order valence-corrected chi connectivity index (χ3v) is 3.87. The smallest absolute Gasteiger partial charge is 0.249 e. The van der Waals surface area contributed by atoms with Crippen molar-refractivity contribution >= 4 is 17.7 Å². The first-order chi connectivity index (χ1) is 10.6. The Labute approximate surface area is 132 Å². The van der Waals surface area contributed by atoms with Gasteiger partial charge in [-0.3, -0.25) is 4.79 Å². The van der Waals surface area contributed by atoms with Crippen molar-refractivity contribution in [1.82, 2.24) is 15.5 Å². The average molecular weight is 323 g/mol. The zero-order chi connectivity index (χ0) is 15.9. The van der Waals surface area contributed by atoms with Crippen LogP contribution in [-0.2, 0) is 4.79 Å². The lowest BCUT2D eigenvalue weighted by Gasteiger charge is -2.09. The second kappa shape index (κ2) is 7.93. The van der Waals surface area contributed by atoms with E-state index in [0.29, 0.717) is 23.7 Å². The minimum Gasteiger partial charge on any atom is -0.345 e. The van der Waals surface area contributed by atoms with Crippen LogP contribution in [0.4, 0.5) is 4.39 Å². The van der Waals surface area contributed by atoms with Gasteiger partial charge in [-0.05, 0) is 36.9 Å². The highest BCUT2D eigenvalue weighted by Crippen LogP contribution is 2.19. The number of carbonyl (C=O) groups excluding carboxylic acids is 1. The molecule has 0 aliphatic rings. The molecular formula is C15H18FN3O2S. The molecule has 1 N–H and O–H groups in total. The second-order valence-corrected chi connectivity index (χ2v) is 6.09. The van der Waals surface area contributed by atoms with Crippen molar-refractivity contribution in [3.63, 3.8) is 0 Å². The van der Waals surface area contributed by atoms with Crippen LogP contribution in [0.2, 0.25) is 0 Å². The van der Waals surface area contributed by atoms with Crippen LogP contribution in [-0.4, -0.2) is 27.6 Å². The fourth-order valence-corrected chi connectivity index (χ4v) is 2.43. The monoisotopic (exact) mass is 323 g/mol. The number of rotatable bonds is 7. The first kappa shape index (κ1) is 16.5. The van der Waals surface area contributed by atoms with Crippen molar-refractivity contribution in [3.05, 3.63) is 36.0 Å². The van der Waals surface area contributed by atoms with Crippen LogP contribution < -0.4 is 5.32 Å². The van der Waals surface area contributed by atoms with Crippen LogP contribution in [0.1, 0.15) is 32.2 Å². The summed E-state index contributed by atoms with van der Waals surface area (Å²) in [5, 5.41) is 6.68. The molecule has 1 aromatic carbocycles. The normalized spacial score (nSPS) is 12.1. The first-order valence-electron chi connectivity index (χ1n) is 7.06. The standard InChI is InChI=1S/C15H18FN3O2S/c1-3-22-9-8-13(20)17-10(2)15-18-14(19-21-15)11-4-6-12(16)7-5-11/h4-7,10H,3,8-9H2,1-2H3,(H,17,20)/t10-/m1/s1. The molecule has 1 aromatic heterocycles. The van der Waals surface area contributed by atoms with Crippen molar-refractivity contribution in [2.45, 2.75) is 26.3 Å². The second-order valence-electron chi connectivity index (χ2n) is 4.70. The zero-order valence-electron chi connectivity index (χ0n) is 12.5. The number of nitrogens with one attached hydrogen (secondary N) is 1. The van der Waals surface area contributed by atoms with E-state index in [-0.39, 0.29) is 17.8 Å². The molecule has 0 unspecified atom stereocenters. The van der Waals surface area contributed by atoms with Gasteiger partial charge in [0.2, 0.25) is 17.6 Å². The highest BCUT2D eigenvalue weighted by atomic mass is 32.2. The summed E-state index contributed by atoms with van der Waals surface area (Å²) in [6.45, 7) is 3.84. The van der Waals surface area contributed by atoms with E-state index in [1.165, 1.54) is 12.1 Å². The molecular weight excluding hydrogens is 305 g/mol. The van der Waals surface area contributed by atoms with Crippen molar-refractivity contribution in [2.24, 2.45) is 0 Å². The molecule has 0 bridgehead atoms. The lowest BCUT2D eigenvalue weighted by molar-refractivity contribution is -0.121. The zero-order valence-corrected chi connectivity index (χ0v) is 13.3. The Morgan fingerprint density at radius 1 is 1.41 bits per heavy atom. The number of hydrogen-bond donors (Lipinski definition) is 1. The van der Waals surface area contributed by atoms with Crippen molar-refractivity contribution in [1.29, 1.82) is 0 Å². The number of halogens is 1. The third-order valence-electron chi connectivity index (χ3n) is 2.97. The Balaban J connectivity index is 1.95. The van der Waals surface area contributed by atoms with E-state index < -0.39 is 0 Å². The maximum absolute atomic E-state index is 12.9. The highest BCUT2D eigenvalue weighted by Gasteiger charge is 2.17. The number of nitrogens with zero attached hydrogens (tertiary/aromatic N) is 2. The minimum absolute atomic E-state index is 0.0463. The molecule has 5 nitrogen and oxygen atoms in total. The maximum Gasteiger partial charge on any atom is 0.249 e. The molecule has 0 saturated heterocycles. The fraction of sp³-hybridized carbons (Fsp3) is 0.400. The maximum atomic E-state index is 12.9. The van der Waals surface area contributed by atoms with Crippen LogP contribution in [0.25, 0.3) is 11.4 Å². The Kier molecular flexibility index (Phi) is 5.94. The molecule has 0 spiro atoms. The summed E-state index contributed by atoms with van der Waals surface area (Å²) in [5.41, 5.74) is 0.661. The molecule has 0 aliphatic heterocycles. The van der Waals surface area contributed by atoms with Crippen molar-refractivity contribution < 1.29 is 13.7 Å². The Bertz CT molecular complexity index is 616. The molecule has 118 valence electrons. The molecule has 1 atom stereocenters. The van der Waals surface area contributed by atoms with Gasteiger partial charge in [0, 0.05) is 17.7 Å². The first-order valence-corrected chi connectivity index (χ1v) is 8.22. The Hall–Kier alpha value is -1.89. The molecule has 1 amide bonds. The topological polar surface area (TPSA) is 68.0 Å². The quantitative estimate of drug-likeness (QED) is 0.793. The molecule has 1 heterocycles. The van der Waals surface area contributed by atoms with Gasteiger partial charge in [-0.15, -0.1) is 0 Å². The van der Waals surface area contributed by atoms with Gasteiger partial charge in [0.15, 0.2) is 0 Å². The lowest BCUT2D eigenvalue weighted by Crippen LogP contribution is -2.27. The summed E-state index contributed by atoms with van der Waals surface area (Å²) in [6, 6.07) is 5.47. The number of aromatic nitrogens is 2. The van der Waals surface area contributed by atoms with E-state index >= 15 is 0 Å². The summed E-state index contributed by atoms with van der Waals surface area (Å²) in [6.07, 6.45) is 0.460. The van der Waals surface area contributed by atoms with Gasteiger partial charge in [-0.1, -0.05) is 12.1 Å². The molecule has 0 fully saturated rings. The van der Waals surface area contributed by atoms with Gasteiger partial charge in [0.05, 0.1) is 0 Å². The van der Waals surface area contributed by atoms with Crippen LogP contribution in [0, 0.1) is 5.82 Å². The summed E-state index contributed by atoms with van der Waals surface area (Å²) >= 11 is 1.72. The Morgan fingerprint density at radius 3 is 2.82 bits per heavy atom. The van der Waals surface area contributed by atoms with Gasteiger partial charge < -0.3 is 9.84 Å². The fourth-order valence-electron chi connectivity index (χ4n) is 1.81. The van der Waals surface area contributed by atoms with Gasteiger partial charge in [-0.25, -0.2) is 4.39 Å². The van der Waals surface area contributed by atoms with E-state index in [1.54, 1.807) is 30.8 Å². The van der Waals surface area contributed by atoms with Gasteiger partial charge in [0.25, 0.3) is 0 Å². The van der Waals surface area contributed by atoms with Crippen molar-refractivity contribution in [3.8, 4) is 11.4 Å². The van der Waals surface area contributed by atoms with Gasteiger partial charge in [-0.2, -0.15) is 16.7 Å². The third kappa shape index (κ3) is 4.56. The Morgan fingerprint density at radius 2 is 2.14 bits per heavy atom. The van der Waals surface area contributed by atoms with Crippen LogP contribution in [0.5, 0.6) is 0 Å². The number of benzene rings is 1. The summed E-state index contributed by atoms with van der Waals surface area (Å²) < 4.78 is 18.1. The van der Waals surface area contributed by atoms with E-state index in [0.717, 1.165) is 11.5 Å². The SMILES string of the molecule is CCSCCC(=O)N[C@H](C)c1nc(-c2ccc(F)cc2)no1. The number of thioether (sulfide) groups is 1. The highest BCUT2D eigenvalue weighted by molar-refractivity contribution is 7.99. The van der Waals surface area contributed by atoms with E-state index in [2.05, 4.69) is 22.4 Å². The molecule has 0 radical (unpaired) electrons. The van der Waals surface area contributed by atoms with Crippen LogP contribution in [0.3, 0.4) is 0 Å². The summed E-state index contributed by atoms with van der Waals surface area (Å²) in [7, 11) is 0. The van der Waals surface area contributed by atoms with E-state index in [1.807, 2.05) is 0 Å². The number of amides is 1. The molecule has 0 saturated carbocycles. The van der Waals surface area contributed by atoms with Crippen molar-refractivity contribution in [2.75, 3.05) is 11.5 Å². The molecule has 7 heteroatoms. The molecule has 22 heavy (non-hydrogen) atoms. The molecule has 2 aromatic rings. The summed E-state index contributed by atoms with van der Waals surface area (Å²) in [4.78, 5) is 16.0. The van der Waals surface area contributed by atoms with E-state index in [9.17, 15) is 9.18 Å². The number of hydrogen-bond acceptors (Lipinski definition) is 5. The predicted octanol–water partition coefficient (Wildman–Crippen LogP) is 3.20. The minimum atomic E-state index is -0.360. The lowest BCUT2D eigenvalue weighted by atomic mass is 10.2. The van der Waals surface area contributed by atoms with Crippen LogP contribution >= 0.6 is 11.8 Å². The van der Waals surface area contributed by atoms with Gasteiger partial charge in [0.1, 0.15) is 11.9 Å². The van der Waals surface area contributed by atoms with E-state index in [4.69, 9.17) is 4.52 Å². The molecule has 0 aliphatic carbocycles.